The summed E-state index contributed by atoms with van der Waals surface area (Å²) >= 11 is 0. The Bertz CT molecular complexity index is 1340. The second-order valence-corrected chi connectivity index (χ2v) is 9.84. The fourth-order valence-corrected chi connectivity index (χ4v) is 5.25. The zero-order valence-electron chi connectivity index (χ0n) is 20.8. The number of nitrogens with one attached hydrogen (secondary N) is 2. The highest BCUT2D eigenvalue weighted by molar-refractivity contribution is 5.97. The number of aromatic nitrogens is 1. The number of rotatable bonds is 2. The number of benzene rings is 2. The van der Waals surface area contributed by atoms with Crippen LogP contribution in [0, 0.1) is 11.7 Å². The number of para-hydroxylation sites is 1. The molecule has 0 radical (unpaired) electrons. The maximum absolute atomic E-state index is 14.0. The van der Waals surface area contributed by atoms with Crippen molar-refractivity contribution in [3.63, 3.8) is 0 Å². The molecule has 2 atom stereocenters. The minimum absolute atomic E-state index is 0.102. The molecule has 3 aromatic rings. The van der Waals surface area contributed by atoms with Crippen LogP contribution in [0.25, 0.3) is 10.9 Å². The van der Waals surface area contributed by atoms with Crippen LogP contribution >= 0.6 is 0 Å². The molecule has 1 saturated heterocycles. The summed E-state index contributed by atoms with van der Waals surface area (Å²) in [5.41, 5.74) is 2.08. The second-order valence-electron chi connectivity index (χ2n) is 9.84. The molecule has 5 rings (SSSR count). The molecule has 3 heterocycles. The van der Waals surface area contributed by atoms with E-state index in [0.29, 0.717) is 25.8 Å². The van der Waals surface area contributed by atoms with Gasteiger partial charge in [-0.05, 0) is 49.1 Å². The van der Waals surface area contributed by atoms with Crippen LogP contribution in [0.2, 0.25) is 0 Å². The molecule has 0 spiro atoms. The lowest BCUT2D eigenvalue weighted by Gasteiger charge is -2.26. The highest BCUT2D eigenvalue weighted by atomic mass is 19.1. The molecule has 37 heavy (non-hydrogen) atoms. The Labute approximate surface area is 214 Å². The number of hydrogen-bond acceptors (Lipinski definition) is 4. The lowest BCUT2D eigenvalue weighted by Crippen LogP contribution is -2.46. The molecule has 2 N–H and O–H groups in total. The van der Waals surface area contributed by atoms with E-state index in [4.69, 9.17) is 4.74 Å². The lowest BCUT2D eigenvalue weighted by atomic mass is 10.0. The highest BCUT2D eigenvalue weighted by Crippen LogP contribution is 2.25. The van der Waals surface area contributed by atoms with E-state index >= 15 is 0 Å². The number of halogens is 1. The van der Waals surface area contributed by atoms with Crippen molar-refractivity contribution in [3.05, 3.63) is 65.6 Å². The van der Waals surface area contributed by atoms with Crippen molar-refractivity contribution in [1.82, 2.24) is 20.1 Å². The van der Waals surface area contributed by atoms with Crippen molar-refractivity contribution in [2.45, 2.75) is 31.7 Å². The maximum Gasteiger partial charge on any atom is 0.255 e. The molecule has 1 aromatic heterocycles. The third-order valence-electron chi connectivity index (χ3n) is 7.19. The van der Waals surface area contributed by atoms with Gasteiger partial charge in [0.25, 0.3) is 5.91 Å². The van der Waals surface area contributed by atoms with E-state index in [1.54, 1.807) is 4.90 Å². The Morgan fingerprint density at radius 3 is 2.84 bits per heavy atom. The zero-order chi connectivity index (χ0) is 25.9. The molecule has 1 fully saturated rings. The van der Waals surface area contributed by atoms with Crippen LogP contribution in [-0.4, -0.2) is 59.5 Å². The topological polar surface area (TPSA) is 92.7 Å². The summed E-state index contributed by atoms with van der Waals surface area (Å²) in [6.07, 6.45) is 3.74. The number of carbonyl (C=O) groups excluding carboxylic acids is 3. The van der Waals surface area contributed by atoms with E-state index in [1.165, 1.54) is 18.2 Å². The molecule has 8 nitrogen and oxygen atoms in total. The SMILES string of the molecule is Cn1cc(CC(=O)N2C[C@H]3CC[C@@H](C2)C(=O)NCCCOc2ccc(F)cc2C(=O)N3)c2ccccc21. The Balaban J connectivity index is 1.41. The predicted octanol–water partition coefficient (Wildman–Crippen LogP) is 2.80. The third kappa shape index (κ3) is 5.45. The number of aryl methyl sites for hydroxylation is 1. The molecule has 2 aliphatic rings. The van der Waals surface area contributed by atoms with Gasteiger partial charge in [0, 0.05) is 49.8 Å². The number of amides is 3. The summed E-state index contributed by atoms with van der Waals surface area (Å²) < 4.78 is 21.7. The molecule has 2 aliphatic heterocycles. The Hall–Kier alpha value is -3.88. The molecule has 2 aromatic carbocycles. The van der Waals surface area contributed by atoms with Gasteiger partial charge in [0.15, 0.2) is 0 Å². The van der Waals surface area contributed by atoms with Gasteiger partial charge in [0.2, 0.25) is 11.8 Å². The average molecular weight is 507 g/mol. The standard InChI is InChI=1S/C28H31FN4O4/c1-32-15-19(22-5-2-3-6-24(22)32)13-26(34)33-16-18-7-9-21(17-33)31-28(36)23-14-20(29)8-10-25(23)37-12-4-11-30-27(18)35/h2-3,5-6,8,10,14-15,18,21H,4,7,9,11-13,16-17H2,1H3,(H,30,35)(H,31,36)/t18-,21+/m0/s1. The Morgan fingerprint density at radius 1 is 1.14 bits per heavy atom. The summed E-state index contributed by atoms with van der Waals surface area (Å²) in [6, 6.07) is 11.4. The molecular formula is C28H31FN4O4. The zero-order valence-corrected chi connectivity index (χ0v) is 20.8. The molecular weight excluding hydrogens is 475 g/mol. The maximum atomic E-state index is 14.0. The number of ether oxygens (including phenoxy) is 1. The lowest BCUT2D eigenvalue weighted by molar-refractivity contribution is -0.132. The minimum Gasteiger partial charge on any atom is -0.493 e. The van der Waals surface area contributed by atoms with Gasteiger partial charge in [-0.1, -0.05) is 18.2 Å². The summed E-state index contributed by atoms with van der Waals surface area (Å²) in [4.78, 5) is 41.4. The van der Waals surface area contributed by atoms with Crippen molar-refractivity contribution < 1.29 is 23.5 Å². The number of carbonyl (C=O) groups is 3. The van der Waals surface area contributed by atoms with Crippen LogP contribution in [0.1, 0.15) is 35.2 Å². The van der Waals surface area contributed by atoms with Crippen molar-refractivity contribution in [1.29, 1.82) is 0 Å². The van der Waals surface area contributed by atoms with Crippen LogP contribution in [0.3, 0.4) is 0 Å². The Morgan fingerprint density at radius 2 is 1.97 bits per heavy atom. The molecule has 0 unspecified atom stereocenters. The number of nitrogens with zero attached hydrogens (tertiary/aromatic N) is 2. The highest BCUT2D eigenvalue weighted by Gasteiger charge is 2.32. The minimum atomic E-state index is -0.529. The van der Waals surface area contributed by atoms with Gasteiger partial charge in [0.05, 0.1) is 24.5 Å². The van der Waals surface area contributed by atoms with Crippen molar-refractivity contribution >= 4 is 28.6 Å². The van der Waals surface area contributed by atoms with Crippen LogP contribution in [-0.2, 0) is 23.1 Å². The monoisotopic (exact) mass is 506 g/mol. The van der Waals surface area contributed by atoms with E-state index in [9.17, 15) is 18.8 Å². The van der Waals surface area contributed by atoms with E-state index in [2.05, 4.69) is 10.6 Å². The van der Waals surface area contributed by atoms with Gasteiger partial charge in [0.1, 0.15) is 11.6 Å². The fourth-order valence-electron chi connectivity index (χ4n) is 5.25. The first kappa shape index (κ1) is 24.8. The van der Waals surface area contributed by atoms with Gasteiger partial charge in [-0.3, -0.25) is 14.4 Å². The first-order valence-electron chi connectivity index (χ1n) is 12.7. The van der Waals surface area contributed by atoms with Gasteiger partial charge >= 0.3 is 0 Å². The van der Waals surface area contributed by atoms with Crippen molar-refractivity contribution in [2.24, 2.45) is 13.0 Å². The van der Waals surface area contributed by atoms with Crippen LogP contribution in [0.4, 0.5) is 4.39 Å². The molecule has 194 valence electrons. The van der Waals surface area contributed by atoms with E-state index in [-0.39, 0.29) is 61.2 Å². The van der Waals surface area contributed by atoms with Crippen LogP contribution in [0.15, 0.2) is 48.7 Å². The fraction of sp³-hybridized carbons (Fsp3) is 0.393. The molecule has 9 heteroatoms. The van der Waals surface area contributed by atoms with Crippen LogP contribution < -0.4 is 15.4 Å². The summed E-state index contributed by atoms with van der Waals surface area (Å²) in [5, 5.41) is 6.94. The normalized spacial score (nSPS) is 20.9. The quantitative estimate of drug-likeness (QED) is 0.559. The van der Waals surface area contributed by atoms with Crippen molar-refractivity contribution in [2.75, 3.05) is 26.2 Å². The molecule has 2 bridgehead atoms. The van der Waals surface area contributed by atoms with E-state index < -0.39 is 11.7 Å². The summed E-state index contributed by atoms with van der Waals surface area (Å²) in [6.45, 7) is 1.23. The number of likely N-dealkylation sites (tertiary alicyclic amines) is 1. The number of fused-ring (bicyclic) bond motifs is 5. The Kier molecular flexibility index (Phi) is 7.12. The van der Waals surface area contributed by atoms with E-state index in [0.717, 1.165) is 16.5 Å². The van der Waals surface area contributed by atoms with Gasteiger partial charge in [-0.25, -0.2) is 4.39 Å². The van der Waals surface area contributed by atoms with Gasteiger partial charge < -0.3 is 24.8 Å². The average Bonchev–Trinajstić information content (AvgIpc) is 3.05. The third-order valence-corrected chi connectivity index (χ3v) is 7.19. The largest absolute Gasteiger partial charge is 0.493 e. The first-order valence-corrected chi connectivity index (χ1v) is 12.7. The second kappa shape index (κ2) is 10.6. The van der Waals surface area contributed by atoms with Gasteiger partial charge in [-0.2, -0.15) is 0 Å². The summed E-state index contributed by atoms with van der Waals surface area (Å²) in [7, 11) is 1.95. The number of hydrogen-bond donors (Lipinski definition) is 2. The van der Waals surface area contributed by atoms with Crippen LogP contribution in [0.5, 0.6) is 5.75 Å². The smallest absolute Gasteiger partial charge is 0.255 e. The molecule has 0 aliphatic carbocycles. The molecule has 3 amide bonds. The molecule has 0 saturated carbocycles. The predicted molar refractivity (Wildman–Crippen MR) is 137 cm³/mol. The van der Waals surface area contributed by atoms with Gasteiger partial charge in [-0.15, -0.1) is 0 Å². The van der Waals surface area contributed by atoms with E-state index in [1.807, 2.05) is 42.1 Å². The summed E-state index contributed by atoms with van der Waals surface area (Å²) in [5.74, 6) is -1.28. The first-order chi connectivity index (χ1) is 17.9. The van der Waals surface area contributed by atoms with Crippen molar-refractivity contribution in [3.8, 4) is 5.75 Å².